The predicted octanol–water partition coefficient (Wildman–Crippen LogP) is 5.93. The molecule has 0 amide bonds. The first-order valence-corrected chi connectivity index (χ1v) is 10.7. The Balaban J connectivity index is 1.35. The van der Waals surface area contributed by atoms with Crippen LogP contribution in [0, 0.1) is 5.92 Å². The molecule has 2 aliphatic rings. The van der Waals surface area contributed by atoms with E-state index in [2.05, 4.69) is 29.2 Å². The normalized spacial score (nSPS) is 18.4. The quantitative estimate of drug-likeness (QED) is 0.567. The number of rotatable bonds is 5. The maximum atomic E-state index is 10.9. The SMILES string of the molecule is O=C(O)C1CN(Cc2ccc(-c3cc4cc(C5CCCC5)ccc4o3)c(Cl)c2)C1. The molecule has 1 saturated heterocycles. The van der Waals surface area contributed by atoms with E-state index in [0.29, 0.717) is 30.6 Å². The van der Waals surface area contributed by atoms with Gasteiger partial charge in [-0.3, -0.25) is 9.69 Å². The Bertz CT molecular complexity index is 1060. The summed E-state index contributed by atoms with van der Waals surface area (Å²) in [6.45, 7) is 1.91. The maximum Gasteiger partial charge on any atom is 0.309 e. The van der Waals surface area contributed by atoms with Gasteiger partial charge in [-0.05, 0) is 60.2 Å². The molecule has 5 rings (SSSR count). The molecule has 1 N–H and O–H groups in total. The Labute approximate surface area is 175 Å². The van der Waals surface area contributed by atoms with Gasteiger partial charge in [0.1, 0.15) is 11.3 Å². The van der Waals surface area contributed by atoms with Crippen molar-refractivity contribution in [1.29, 1.82) is 0 Å². The zero-order valence-corrected chi connectivity index (χ0v) is 17.0. The Morgan fingerprint density at radius 3 is 2.62 bits per heavy atom. The Kier molecular flexibility index (Phi) is 4.84. The minimum atomic E-state index is -0.712. The first-order valence-electron chi connectivity index (χ1n) is 10.3. The number of carboxylic acid groups (broad SMARTS) is 1. The lowest BCUT2D eigenvalue weighted by Gasteiger charge is -2.36. The third-order valence-electron chi connectivity index (χ3n) is 6.38. The average Bonchev–Trinajstić information content (AvgIpc) is 3.32. The van der Waals surface area contributed by atoms with Gasteiger partial charge in [-0.15, -0.1) is 0 Å². The van der Waals surface area contributed by atoms with Crippen molar-refractivity contribution < 1.29 is 14.3 Å². The monoisotopic (exact) mass is 409 g/mol. The van der Waals surface area contributed by atoms with Gasteiger partial charge in [0.25, 0.3) is 0 Å². The van der Waals surface area contributed by atoms with E-state index in [1.807, 2.05) is 18.2 Å². The van der Waals surface area contributed by atoms with Crippen LogP contribution in [0.3, 0.4) is 0 Å². The molecule has 0 atom stereocenters. The van der Waals surface area contributed by atoms with Gasteiger partial charge in [-0.2, -0.15) is 0 Å². The molecule has 1 saturated carbocycles. The fourth-order valence-corrected chi connectivity index (χ4v) is 4.97. The van der Waals surface area contributed by atoms with Crippen LogP contribution in [0.4, 0.5) is 0 Å². The zero-order chi connectivity index (χ0) is 20.0. The van der Waals surface area contributed by atoms with Crippen molar-refractivity contribution in [2.75, 3.05) is 13.1 Å². The first-order chi connectivity index (χ1) is 14.1. The lowest BCUT2D eigenvalue weighted by atomic mass is 9.96. The highest BCUT2D eigenvalue weighted by molar-refractivity contribution is 6.33. The number of carbonyl (C=O) groups is 1. The van der Waals surface area contributed by atoms with Gasteiger partial charge in [0.05, 0.1) is 10.9 Å². The number of likely N-dealkylation sites (tertiary alicyclic amines) is 1. The molecule has 2 heterocycles. The zero-order valence-electron chi connectivity index (χ0n) is 16.2. The van der Waals surface area contributed by atoms with Crippen molar-refractivity contribution in [3.8, 4) is 11.3 Å². The van der Waals surface area contributed by atoms with E-state index in [0.717, 1.165) is 27.9 Å². The summed E-state index contributed by atoms with van der Waals surface area (Å²) in [6.07, 6.45) is 5.23. The summed E-state index contributed by atoms with van der Waals surface area (Å²) in [7, 11) is 0. The highest BCUT2D eigenvalue weighted by Gasteiger charge is 2.32. The van der Waals surface area contributed by atoms with Crippen LogP contribution in [0.2, 0.25) is 5.02 Å². The average molecular weight is 410 g/mol. The maximum absolute atomic E-state index is 10.9. The lowest BCUT2D eigenvalue weighted by Crippen LogP contribution is -2.49. The minimum absolute atomic E-state index is 0.241. The molecule has 0 radical (unpaired) electrons. The Morgan fingerprint density at radius 2 is 1.90 bits per heavy atom. The summed E-state index contributed by atoms with van der Waals surface area (Å²) in [5.74, 6) is 0.517. The fourth-order valence-electron chi connectivity index (χ4n) is 4.68. The second-order valence-corrected chi connectivity index (χ2v) is 8.84. The van der Waals surface area contributed by atoms with Gasteiger partial charge < -0.3 is 9.52 Å². The number of nitrogens with zero attached hydrogens (tertiary/aromatic N) is 1. The van der Waals surface area contributed by atoms with Crippen molar-refractivity contribution in [2.24, 2.45) is 5.92 Å². The summed E-state index contributed by atoms with van der Waals surface area (Å²) >= 11 is 6.58. The molecule has 0 unspecified atom stereocenters. The number of aliphatic carboxylic acids is 1. The molecule has 3 aromatic rings. The second-order valence-electron chi connectivity index (χ2n) is 8.43. The second kappa shape index (κ2) is 7.51. The van der Waals surface area contributed by atoms with Gasteiger partial charge in [-0.1, -0.05) is 36.6 Å². The van der Waals surface area contributed by atoms with Crippen LogP contribution < -0.4 is 0 Å². The molecule has 1 aromatic heterocycles. The lowest BCUT2D eigenvalue weighted by molar-refractivity contribution is -0.147. The van der Waals surface area contributed by atoms with Gasteiger partial charge in [0, 0.05) is 30.6 Å². The first kappa shape index (κ1) is 18.7. The van der Waals surface area contributed by atoms with Crippen LogP contribution in [0.5, 0.6) is 0 Å². The van der Waals surface area contributed by atoms with Crippen molar-refractivity contribution >= 4 is 28.5 Å². The Morgan fingerprint density at radius 1 is 1.10 bits per heavy atom. The van der Waals surface area contributed by atoms with Crippen LogP contribution in [-0.4, -0.2) is 29.1 Å². The van der Waals surface area contributed by atoms with E-state index in [9.17, 15) is 4.79 Å². The standard InChI is InChI=1S/C24H24ClNO3/c25-21-9-15(12-26-13-19(14-26)24(27)28)5-7-20(21)23-11-18-10-17(6-8-22(18)29-23)16-3-1-2-4-16/h5-11,16,19H,1-4,12-14H2,(H,27,28). The number of fused-ring (bicyclic) bond motifs is 1. The van der Waals surface area contributed by atoms with Crippen molar-refractivity contribution in [1.82, 2.24) is 4.90 Å². The van der Waals surface area contributed by atoms with Crippen molar-refractivity contribution in [3.63, 3.8) is 0 Å². The van der Waals surface area contributed by atoms with Crippen LogP contribution in [0.15, 0.2) is 46.9 Å². The van der Waals surface area contributed by atoms with Gasteiger partial charge in [0.15, 0.2) is 0 Å². The molecule has 29 heavy (non-hydrogen) atoms. The van der Waals surface area contributed by atoms with E-state index < -0.39 is 5.97 Å². The summed E-state index contributed by atoms with van der Waals surface area (Å²) in [6, 6.07) is 14.6. The van der Waals surface area contributed by atoms with E-state index in [-0.39, 0.29) is 5.92 Å². The predicted molar refractivity (Wildman–Crippen MR) is 114 cm³/mol. The smallest absolute Gasteiger partial charge is 0.309 e. The summed E-state index contributed by atoms with van der Waals surface area (Å²) < 4.78 is 6.09. The van der Waals surface area contributed by atoms with Crippen LogP contribution in [0.25, 0.3) is 22.3 Å². The van der Waals surface area contributed by atoms with Gasteiger partial charge >= 0.3 is 5.97 Å². The van der Waals surface area contributed by atoms with E-state index >= 15 is 0 Å². The molecule has 1 aliphatic carbocycles. The van der Waals surface area contributed by atoms with Gasteiger partial charge in [0.2, 0.25) is 0 Å². The van der Waals surface area contributed by atoms with E-state index in [1.165, 1.54) is 31.2 Å². The molecule has 4 nitrogen and oxygen atoms in total. The number of furan rings is 1. The fraction of sp³-hybridized carbons (Fsp3) is 0.375. The summed E-state index contributed by atoms with van der Waals surface area (Å²) in [5, 5.41) is 10.8. The largest absolute Gasteiger partial charge is 0.481 e. The molecular formula is C24H24ClNO3. The number of benzene rings is 2. The Hall–Kier alpha value is -2.30. The minimum Gasteiger partial charge on any atom is -0.481 e. The summed E-state index contributed by atoms with van der Waals surface area (Å²) in [4.78, 5) is 13.1. The van der Waals surface area contributed by atoms with Gasteiger partial charge in [-0.25, -0.2) is 0 Å². The molecule has 150 valence electrons. The van der Waals surface area contributed by atoms with Crippen LogP contribution >= 0.6 is 11.6 Å². The molecule has 1 aliphatic heterocycles. The van der Waals surface area contributed by atoms with E-state index in [4.69, 9.17) is 21.1 Å². The van der Waals surface area contributed by atoms with Crippen molar-refractivity contribution in [2.45, 2.75) is 38.1 Å². The van der Waals surface area contributed by atoms with Crippen molar-refractivity contribution in [3.05, 3.63) is 58.6 Å². The van der Waals surface area contributed by atoms with Crippen LogP contribution in [-0.2, 0) is 11.3 Å². The highest BCUT2D eigenvalue weighted by atomic mass is 35.5. The highest BCUT2D eigenvalue weighted by Crippen LogP contribution is 2.38. The summed E-state index contributed by atoms with van der Waals surface area (Å²) in [5.41, 5.74) is 4.28. The number of halogens is 1. The molecule has 0 bridgehead atoms. The number of hydrogen-bond donors (Lipinski definition) is 1. The third-order valence-corrected chi connectivity index (χ3v) is 6.69. The number of carboxylic acids is 1. The molecule has 2 aromatic carbocycles. The third kappa shape index (κ3) is 3.67. The number of hydrogen-bond acceptors (Lipinski definition) is 3. The molecule has 5 heteroatoms. The van der Waals surface area contributed by atoms with Crippen LogP contribution in [0.1, 0.15) is 42.7 Å². The topological polar surface area (TPSA) is 53.7 Å². The molecular weight excluding hydrogens is 386 g/mol. The molecule has 0 spiro atoms. The molecule has 2 fully saturated rings. The van der Waals surface area contributed by atoms with E-state index in [1.54, 1.807) is 0 Å².